The van der Waals surface area contributed by atoms with Gasteiger partial charge in [0.2, 0.25) is 0 Å². The van der Waals surface area contributed by atoms with Crippen LogP contribution < -0.4 is 0 Å². The highest BCUT2D eigenvalue weighted by Crippen LogP contribution is 2.40. The topological polar surface area (TPSA) is 109 Å². The lowest BCUT2D eigenvalue weighted by molar-refractivity contribution is 0.194. The van der Waals surface area contributed by atoms with Gasteiger partial charge in [0.25, 0.3) is 20.2 Å². The summed E-state index contributed by atoms with van der Waals surface area (Å²) >= 11 is 0. The molecule has 0 aromatic heterocycles. The Morgan fingerprint density at radius 3 is 1.00 bits per heavy atom. The van der Waals surface area contributed by atoms with Crippen LogP contribution in [-0.4, -0.2) is 36.4 Å². The van der Waals surface area contributed by atoms with E-state index in [-0.39, 0.29) is 0 Å². The van der Waals surface area contributed by atoms with Crippen molar-refractivity contribution in [2.45, 2.75) is 61.9 Å². The zero-order chi connectivity index (χ0) is 15.0. The fourth-order valence-corrected chi connectivity index (χ4v) is 5.45. The van der Waals surface area contributed by atoms with Crippen molar-refractivity contribution in [3.8, 4) is 0 Å². The molecule has 0 amide bonds. The van der Waals surface area contributed by atoms with Gasteiger partial charge in [-0.1, -0.05) is 0 Å². The first-order valence-corrected chi connectivity index (χ1v) is 10.1. The molecule has 2 N–H and O–H groups in total. The van der Waals surface area contributed by atoms with Gasteiger partial charge in [0.1, 0.15) is 0 Å². The van der Waals surface area contributed by atoms with Crippen molar-refractivity contribution < 1.29 is 25.9 Å². The first-order chi connectivity index (χ1) is 9.18. The van der Waals surface area contributed by atoms with Crippen molar-refractivity contribution in [2.24, 2.45) is 11.8 Å². The molecular formula is C12H22O6S2. The van der Waals surface area contributed by atoms with Gasteiger partial charge in [-0.15, -0.1) is 0 Å². The quantitative estimate of drug-likeness (QED) is 0.766. The Balaban J connectivity index is 1.85. The van der Waals surface area contributed by atoms with Gasteiger partial charge in [0.05, 0.1) is 10.5 Å². The average molecular weight is 326 g/mol. The van der Waals surface area contributed by atoms with E-state index in [0.717, 1.165) is 25.7 Å². The Bertz CT molecular complexity index is 472. The van der Waals surface area contributed by atoms with Gasteiger partial charge in [-0.25, -0.2) is 0 Å². The predicted molar refractivity (Wildman–Crippen MR) is 74.6 cm³/mol. The molecule has 0 aromatic rings. The summed E-state index contributed by atoms with van der Waals surface area (Å²) in [5.41, 5.74) is 0. The highest BCUT2D eigenvalue weighted by Gasteiger charge is 2.36. The second-order valence-corrected chi connectivity index (χ2v) is 9.50. The van der Waals surface area contributed by atoms with Crippen LogP contribution in [0.4, 0.5) is 0 Å². The Morgan fingerprint density at radius 2 is 0.800 bits per heavy atom. The van der Waals surface area contributed by atoms with E-state index in [1.54, 1.807) is 0 Å². The molecule has 0 heterocycles. The van der Waals surface area contributed by atoms with E-state index in [4.69, 9.17) is 9.11 Å². The summed E-state index contributed by atoms with van der Waals surface area (Å²) in [6.07, 6.45) is 5.03. The van der Waals surface area contributed by atoms with Gasteiger partial charge in [-0.05, 0) is 63.2 Å². The molecule has 2 aliphatic rings. The molecule has 0 aliphatic heterocycles. The minimum absolute atomic E-state index is 0.412. The molecule has 2 aliphatic carbocycles. The standard InChI is InChI=1S/C12H22O6S2/c13-19(14,15)11-5-1-9(2-6-11)10-3-7-12(8-4-10)20(16,17)18/h9-12H,1-8H2,(H,13,14,15)(H,16,17,18). The summed E-state index contributed by atoms with van der Waals surface area (Å²) in [6, 6.07) is 0. The molecule has 0 atom stereocenters. The van der Waals surface area contributed by atoms with Crippen LogP contribution in [0, 0.1) is 11.8 Å². The third kappa shape index (κ3) is 3.93. The van der Waals surface area contributed by atoms with Crippen molar-refractivity contribution >= 4 is 20.2 Å². The van der Waals surface area contributed by atoms with Gasteiger partial charge < -0.3 is 0 Å². The Morgan fingerprint density at radius 1 is 0.550 bits per heavy atom. The fraction of sp³-hybridized carbons (Fsp3) is 1.00. The van der Waals surface area contributed by atoms with E-state index in [2.05, 4.69) is 0 Å². The first-order valence-electron chi connectivity index (χ1n) is 7.10. The zero-order valence-corrected chi connectivity index (χ0v) is 12.9. The maximum atomic E-state index is 11.1. The second kappa shape index (κ2) is 5.90. The summed E-state index contributed by atoms with van der Waals surface area (Å²) < 4.78 is 62.4. The molecule has 0 spiro atoms. The largest absolute Gasteiger partial charge is 0.285 e. The number of rotatable bonds is 3. The van der Waals surface area contributed by atoms with Gasteiger partial charge in [-0.3, -0.25) is 9.11 Å². The molecule has 2 rings (SSSR count). The minimum atomic E-state index is -3.92. The van der Waals surface area contributed by atoms with Crippen molar-refractivity contribution in [1.82, 2.24) is 0 Å². The van der Waals surface area contributed by atoms with Gasteiger partial charge in [-0.2, -0.15) is 16.8 Å². The molecule has 0 aromatic carbocycles. The normalized spacial score (nSPS) is 36.7. The maximum Gasteiger partial charge on any atom is 0.267 e. The van der Waals surface area contributed by atoms with Gasteiger partial charge >= 0.3 is 0 Å². The monoisotopic (exact) mass is 326 g/mol. The summed E-state index contributed by atoms with van der Waals surface area (Å²) in [5.74, 6) is 0.825. The van der Waals surface area contributed by atoms with Crippen molar-refractivity contribution in [3.05, 3.63) is 0 Å². The summed E-state index contributed by atoms with van der Waals surface area (Å²) in [7, 11) is -7.84. The molecule has 0 saturated heterocycles. The molecule has 2 fully saturated rings. The lowest BCUT2D eigenvalue weighted by Crippen LogP contribution is -2.33. The Kier molecular flexibility index (Phi) is 4.78. The Labute approximate surface area is 120 Å². The SMILES string of the molecule is O=S(=O)(O)C1CCC(C2CCC(S(=O)(=O)O)CC2)CC1. The molecule has 8 heteroatoms. The second-order valence-electron chi connectivity index (χ2n) is 6.10. The smallest absolute Gasteiger partial charge is 0.267 e. The van der Waals surface area contributed by atoms with Crippen molar-refractivity contribution in [1.29, 1.82) is 0 Å². The van der Waals surface area contributed by atoms with E-state index in [1.807, 2.05) is 0 Å². The highest BCUT2D eigenvalue weighted by atomic mass is 32.2. The van der Waals surface area contributed by atoms with E-state index < -0.39 is 30.7 Å². The number of hydrogen-bond donors (Lipinski definition) is 2. The molecule has 0 bridgehead atoms. The lowest BCUT2D eigenvalue weighted by Gasteiger charge is -2.36. The van der Waals surface area contributed by atoms with Crippen LogP contribution in [-0.2, 0) is 20.2 Å². The summed E-state index contributed by atoms with van der Waals surface area (Å²) in [6.45, 7) is 0. The van der Waals surface area contributed by atoms with Gasteiger partial charge in [0, 0.05) is 0 Å². The molecule has 118 valence electrons. The van der Waals surface area contributed by atoms with Gasteiger partial charge in [0.15, 0.2) is 0 Å². The van der Waals surface area contributed by atoms with E-state index in [9.17, 15) is 16.8 Å². The van der Waals surface area contributed by atoms with Crippen LogP contribution in [0.3, 0.4) is 0 Å². The fourth-order valence-electron chi connectivity index (χ4n) is 3.72. The molecule has 2 saturated carbocycles. The highest BCUT2D eigenvalue weighted by molar-refractivity contribution is 7.86. The third-order valence-corrected chi connectivity index (χ3v) is 7.57. The molecule has 0 radical (unpaired) electrons. The van der Waals surface area contributed by atoms with Crippen LogP contribution in [0.1, 0.15) is 51.4 Å². The van der Waals surface area contributed by atoms with E-state index in [1.165, 1.54) is 0 Å². The van der Waals surface area contributed by atoms with Crippen molar-refractivity contribution in [3.63, 3.8) is 0 Å². The minimum Gasteiger partial charge on any atom is -0.285 e. The Hall–Kier alpha value is -0.180. The average Bonchev–Trinajstić information content (AvgIpc) is 2.37. The van der Waals surface area contributed by atoms with Crippen LogP contribution >= 0.6 is 0 Å². The summed E-state index contributed by atoms with van der Waals surface area (Å²) in [5, 5.41) is -1.26. The van der Waals surface area contributed by atoms with Crippen LogP contribution in [0.2, 0.25) is 0 Å². The van der Waals surface area contributed by atoms with Crippen LogP contribution in [0.5, 0.6) is 0 Å². The lowest BCUT2D eigenvalue weighted by atomic mass is 9.73. The first kappa shape index (κ1) is 16.2. The van der Waals surface area contributed by atoms with E-state index >= 15 is 0 Å². The molecule has 6 nitrogen and oxygen atoms in total. The third-order valence-electron chi connectivity index (χ3n) is 4.95. The number of hydrogen-bond acceptors (Lipinski definition) is 4. The van der Waals surface area contributed by atoms with E-state index in [0.29, 0.717) is 37.5 Å². The van der Waals surface area contributed by atoms with Crippen LogP contribution in [0.15, 0.2) is 0 Å². The predicted octanol–water partition coefficient (Wildman–Crippen LogP) is 1.88. The maximum absolute atomic E-state index is 11.1. The zero-order valence-electron chi connectivity index (χ0n) is 11.3. The van der Waals surface area contributed by atoms with Crippen molar-refractivity contribution in [2.75, 3.05) is 0 Å². The van der Waals surface area contributed by atoms with Crippen LogP contribution in [0.25, 0.3) is 0 Å². The molecule has 20 heavy (non-hydrogen) atoms. The molecular weight excluding hydrogens is 304 g/mol. The summed E-state index contributed by atoms with van der Waals surface area (Å²) in [4.78, 5) is 0. The molecule has 0 unspecified atom stereocenters.